The fourth-order valence-electron chi connectivity index (χ4n) is 3.18. The van der Waals surface area contributed by atoms with Crippen LogP contribution in [0.3, 0.4) is 0 Å². The number of carbonyl (C=O) groups is 1. The van der Waals surface area contributed by atoms with E-state index >= 15 is 0 Å². The van der Waals surface area contributed by atoms with Gasteiger partial charge in [0.05, 0.1) is 11.4 Å². The van der Waals surface area contributed by atoms with Crippen LogP contribution in [-0.4, -0.2) is 26.8 Å². The van der Waals surface area contributed by atoms with E-state index in [-0.39, 0.29) is 11.7 Å². The highest BCUT2D eigenvalue weighted by atomic mass is 32.2. The van der Waals surface area contributed by atoms with E-state index < -0.39 is 0 Å². The summed E-state index contributed by atoms with van der Waals surface area (Å²) in [5, 5.41) is 16.1. The van der Waals surface area contributed by atoms with Crippen LogP contribution < -0.4 is 5.32 Å². The van der Waals surface area contributed by atoms with E-state index in [4.69, 9.17) is 4.42 Å². The lowest BCUT2D eigenvalue weighted by molar-refractivity contribution is -0.113. The number of nitrogens with one attached hydrogen (secondary N) is 1. The van der Waals surface area contributed by atoms with Gasteiger partial charge in [0.2, 0.25) is 11.8 Å². The molecule has 0 fully saturated rings. The molecule has 158 valence electrons. The number of aryl methyl sites for hydroxylation is 1. The lowest BCUT2D eigenvalue weighted by atomic mass is 10.1. The van der Waals surface area contributed by atoms with Gasteiger partial charge in [-0.05, 0) is 29.8 Å². The van der Waals surface area contributed by atoms with Crippen molar-refractivity contribution < 1.29 is 9.21 Å². The van der Waals surface area contributed by atoms with Crippen molar-refractivity contribution in [3.8, 4) is 22.7 Å². The summed E-state index contributed by atoms with van der Waals surface area (Å²) in [5.74, 6) is 0.408. The van der Waals surface area contributed by atoms with Crippen LogP contribution in [0.1, 0.15) is 5.56 Å². The Morgan fingerprint density at radius 2 is 1.78 bits per heavy atom. The monoisotopic (exact) mass is 458 g/mol. The van der Waals surface area contributed by atoms with Crippen molar-refractivity contribution in [1.29, 1.82) is 0 Å². The van der Waals surface area contributed by atoms with Gasteiger partial charge in [0.25, 0.3) is 5.22 Å². The molecule has 6 nitrogen and oxygen atoms in total. The van der Waals surface area contributed by atoms with Gasteiger partial charge in [-0.2, -0.15) is 0 Å². The van der Waals surface area contributed by atoms with Gasteiger partial charge in [0.1, 0.15) is 0 Å². The second-order valence-electron chi connectivity index (χ2n) is 7.18. The molecule has 0 spiro atoms. The molecule has 1 N–H and O–H groups in total. The van der Waals surface area contributed by atoms with E-state index in [0.717, 1.165) is 27.6 Å². The molecule has 3 aromatic carbocycles. The molecule has 0 atom stereocenters. The predicted octanol–water partition coefficient (Wildman–Crippen LogP) is 6.05. The summed E-state index contributed by atoms with van der Waals surface area (Å²) >= 11 is 2.59. The van der Waals surface area contributed by atoms with Gasteiger partial charge in [-0.15, -0.1) is 21.5 Å². The number of fused-ring (bicyclic) bond motifs is 1. The van der Waals surface area contributed by atoms with Crippen molar-refractivity contribution in [2.45, 2.75) is 12.1 Å². The van der Waals surface area contributed by atoms with Crippen molar-refractivity contribution in [2.75, 3.05) is 11.1 Å². The first-order valence-electron chi connectivity index (χ1n) is 9.92. The predicted molar refractivity (Wildman–Crippen MR) is 129 cm³/mol. The lowest BCUT2D eigenvalue weighted by Gasteiger charge is -2.00. The lowest BCUT2D eigenvalue weighted by Crippen LogP contribution is -2.13. The maximum atomic E-state index is 12.3. The Kier molecular flexibility index (Phi) is 5.70. The molecule has 5 aromatic rings. The van der Waals surface area contributed by atoms with Gasteiger partial charge in [-0.3, -0.25) is 4.79 Å². The minimum atomic E-state index is -0.176. The smallest absolute Gasteiger partial charge is 0.277 e. The molecule has 0 aliphatic carbocycles. The topological polar surface area (TPSA) is 80.9 Å². The van der Waals surface area contributed by atoms with Gasteiger partial charge in [0.15, 0.2) is 5.13 Å². The fraction of sp³-hybridized carbons (Fsp3) is 0.0833. The number of nitrogens with zero attached hydrogens (tertiary/aromatic N) is 3. The number of thioether (sulfide) groups is 1. The van der Waals surface area contributed by atoms with Crippen LogP contribution in [0.15, 0.2) is 81.8 Å². The number of amides is 1. The van der Waals surface area contributed by atoms with Gasteiger partial charge in [-0.25, -0.2) is 4.98 Å². The fourth-order valence-corrected chi connectivity index (χ4v) is 4.48. The third-order valence-electron chi connectivity index (χ3n) is 4.83. The molecular formula is C24H18N4O2S2. The van der Waals surface area contributed by atoms with Gasteiger partial charge in [-0.1, -0.05) is 71.9 Å². The number of carbonyl (C=O) groups excluding carboxylic acids is 1. The zero-order chi connectivity index (χ0) is 21.9. The summed E-state index contributed by atoms with van der Waals surface area (Å²) in [6, 6.07) is 22.2. The first kappa shape index (κ1) is 20.4. The Balaban J connectivity index is 1.19. The molecule has 1 amide bonds. The third kappa shape index (κ3) is 4.56. The molecule has 2 aromatic heterocycles. The molecule has 0 bridgehead atoms. The number of anilines is 1. The normalized spacial score (nSPS) is 11.0. The van der Waals surface area contributed by atoms with E-state index in [2.05, 4.69) is 26.6 Å². The molecule has 0 unspecified atom stereocenters. The number of benzene rings is 3. The highest BCUT2D eigenvalue weighted by molar-refractivity contribution is 7.99. The highest BCUT2D eigenvalue weighted by Gasteiger charge is 2.13. The van der Waals surface area contributed by atoms with Crippen LogP contribution in [0, 0.1) is 6.92 Å². The molecule has 0 aliphatic rings. The molecule has 0 radical (unpaired) electrons. The van der Waals surface area contributed by atoms with Crippen LogP contribution >= 0.6 is 23.1 Å². The summed E-state index contributed by atoms with van der Waals surface area (Å²) in [6.07, 6.45) is 0. The van der Waals surface area contributed by atoms with Crippen molar-refractivity contribution in [3.05, 3.63) is 77.7 Å². The standard InChI is InChI=1S/C24H18N4O2S2/c1-15-6-8-17(9-7-15)20-13-31-23(25-20)26-21(29)14-32-24-28-27-22(30-24)19-11-10-16-4-2-3-5-18(16)12-19/h2-13H,14H2,1H3,(H,25,26,29). The molecular weight excluding hydrogens is 440 g/mol. The van der Waals surface area contributed by atoms with E-state index in [1.807, 2.05) is 73.0 Å². The van der Waals surface area contributed by atoms with Crippen molar-refractivity contribution >= 4 is 44.9 Å². The van der Waals surface area contributed by atoms with Crippen LogP contribution in [0.5, 0.6) is 0 Å². The highest BCUT2D eigenvalue weighted by Crippen LogP contribution is 2.27. The Bertz CT molecular complexity index is 1390. The second-order valence-corrected chi connectivity index (χ2v) is 8.96. The number of aromatic nitrogens is 3. The van der Waals surface area contributed by atoms with Gasteiger partial charge in [0, 0.05) is 16.5 Å². The first-order valence-corrected chi connectivity index (χ1v) is 11.8. The summed E-state index contributed by atoms with van der Waals surface area (Å²) in [5.41, 5.74) is 3.90. The molecule has 8 heteroatoms. The maximum Gasteiger partial charge on any atom is 0.277 e. The SMILES string of the molecule is Cc1ccc(-c2csc(NC(=O)CSc3nnc(-c4ccc5ccccc5c4)o3)n2)cc1. The van der Waals surface area contributed by atoms with E-state index in [1.54, 1.807) is 0 Å². The second kappa shape index (κ2) is 8.94. The van der Waals surface area contributed by atoms with E-state index in [0.29, 0.717) is 16.2 Å². The molecule has 5 rings (SSSR count). The Morgan fingerprint density at radius 1 is 1.00 bits per heavy atom. The van der Waals surface area contributed by atoms with Crippen molar-refractivity contribution in [3.63, 3.8) is 0 Å². The largest absolute Gasteiger partial charge is 0.411 e. The Hall–Kier alpha value is -3.49. The summed E-state index contributed by atoms with van der Waals surface area (Å²) in [6.45, 7) is 2.04. The summed E-state index contributed by atoms with van der Waals surface area (Å²) < 4.78 is 5.74. The number of hydrogen-bond acceptors (Lipinski definition) is 7. The van der Waals surface area contributed by atoms with E-state index in [1.165, 1.54) is 28.7 Å². The molecule has 32 heavy (non-hydrogen) atoms. The maximum absolute atomic E-state index is 12.3. The van der Waals surface area contributed by atoms with Gasteiger partial charge < -0.3 is 9.73 Å². The van der Waals surface area contributed by atoms with Crippen molar-refractivity contribution in [2.24, 2.45) is 0 Å². The Labute approximate surface area is 192 Å². The average Bonchev–Trinajstić information content (AvgIpc) is 3.48. The molecule has 0 aliphatic heterocycles. The zero-order valence-corrected chi connectivity index (χ0v) is 18.7. The van der Waals surface area contributed by atoms with E-state index in [9.17, 15) is 4.79 Å². The molecule has 0 saturated carbocycles. The van der Waals surface area contributed by atoms with Gasteiger partial charge >= 0.3 is 0 Å². The number of hydrogen-bond donors (Lipinski definition) is 1. The minimum absolute atomic E-state index is 0.152. The number of rotatable bonds is 6. The third-order valence-corrected chi connectivity index (χ3v) is 6.40. The quantitative estimate of drug-likeness (QED) is 0.312. The molecule has 0 saturated heterocycles. The van der Waals surface area contributed by atoms with Crippen LogP contribution in [0.25, 0.3) is 33.5 Å². The van der Waals surface area contributed by atoms with Crippen LogP contribution in [-0.2, 0) is 4.79 Å². The molecule has 2 heterocycles. The Morgan fingerprint density at radius 3 is 2.62 bits per heavy atom. The van der Waals surface area contributed by atoms with Crippen LogP contribution in [0.2, 0.25) is 0 Å². The van der Waals surface area contributed by atoms with Crippen LogP contribution in [0.4, 0.5) is 5.13 Å². The summed E-state index contributed by atoms with van der Waals surface area (Å²) in [7, 11) is 0. The summed E-state index contributed by atoms with van der Waals surface area (Å²) in [4.78, 5) is 16.8. The number of thiazole rings is 1. The minimum Gasteiger partial charge on any atom is -0.411 e. The van der Waals surface area contributed by atoms with Crippen molar-refractivity contribution in [1.82, 2.24) is 15.2 Å². The average molecular weight is 459 g/mol. The zero-order valence-electron chi connectivity index (χ0n) is 17.1. The first-order chi connectivity index (χ1) is 15.6.